The molecule has 0 amide bonds. The molecule has 0 bridgehead atoms. The van der Waals surface area contributed by atoms with E-state index in [4.69, 9.17) is 10.8 Å². The molecule has 0 aliphatic rings. The number of unbranched alkanes of at least 4 members (excludes halogenated alkanes) is 1. The molecular weight excluding hydrogens is 180 g/mol. The van der Waals surface area contributed by atoms with Crippen LogP contribution in [-0.4, -0.2) is 16.1 Å². The number of carboxylic acids is 1. The van der Waals surface area contributed by atoms with Gasteiger partial charge in [-0.3, -0.25) is 4.79 Å². The number of rotatable bonds is 5. The van der Waals surface area contributed by atoms with Gasteiger partial charge in [-0.25, -0.2) is 4.98 Å². The zero-order valence-corrected chi connectivity index (χ0v) is 7.94. The van der Waals surface area contributed by atoms with Crippen LogP contribution in [-0.2, 0) is 11.2 Å². The molecule has 0 saturated heterocycles. The molecule has 14 heavy (non-hydrogen) atoms. The average molecular weight is 194 g/mol. The number of aliphatic carboxylic acids is 1. The zero-order chi connectivity index (χ0) is 10.4. The Balaban J connectivity index is 2.28. The molecule has 1 rings (SSSR count). The van der Waals surface area contributed by atoms with Gasteiger partial charge in [0.25, 0.3) is 0 Å². The number of nitrogens with zero attached hydrogens (tertiary/aromatic N) is 1. The number of hydrogen-bond acceptors (Lipinski definition) is 3. The van der Waals surface area contributed by atoms with Crippen LogP contribution in [0.5, 0.6) is 0 Å². The van der Waals surface area contributed by atoms with E-state index in [1.54, 1.807) is 6.20 Å². The molecular formula is C10H14N2O2. The van der Waals surface area contributed by atoms with E-state index in [1.165, 1.54) is 0 Å². The zero-order valence-electron chi connectivity index (χ0n) is 7.94. The molecule has 0 aromatic carbocycles. The molecule has 1 aromatic heterocycles. The molecule has 0 fully saturated rings. The Morgan fingerprint density at radius 3 is 2.93 bits per heavy atom. The molecule has 0 atom stereocenters. The summed E-state index contributed by atoms with van der Waals surface area (Å²) in [5, 5.41) is 8.42. The second-order valence-corrected chi connectivity index (χ2v) is 3.19. The normalized spacial score (nSPS) is 10.0. The monoisotopic (exact) mass is 194 g/mol. The number of hydrogen-bond donors (Lipinski definition) is 2. The lowest BCUT2D eigenvalue weighted by Crippen LogP contribution is -1.96. The van der Waals surface area contributed by atoms with Crippen molar-refractivity contribution >= 4 is 11.8 Å². The third-order valence-corrected chi connectivity index (χ3v) is 1.95. The van der Waals surface area contributed by atoms with Crippen LogP contribution in [0.3, 0.4) is 0 Å². The molecule has 0 aliphatic carbocycles. The van der Waals surface area contributed by atoms with E-state index in [0.29, 0.717) is 12.2 Å². The number of aromatic nitrogens is 1. The lowest BCUT2D eigenvalue weighted by molar-refractivity contribution is -0.137. The minimum atomic E-state index is -0.737. The second kappa shape index (κ2) is 5.21. The molecule has 0 saturated carbocycles. The van der Waals surface area contributed by atoms with Gasteiger partial charge in [0, 0.05) is 12.6 Å². The average Bonchev–Trinajstić information content (AvgIpc) is 2.12. The predicted octanol–water partition coefficient (Wildman–Crippen LogP) is 1.46. The van der Waals surface area contributed by atoms with Crippen molar-refractivity contribution in [3.8, 4) is 0 Å². The third kappa shape index (κ3) is 3.89. The SMILES string of the molecule is Nc1cc(CCCCC(=O)O)ccn1. The number of nitrogen functional groups attached to an aromatic ring is 1. The molecule has 1 heterocycles. The van der Waals surface area contributed by atoms with Gasteiger partial charge in [-0.1, -0.05) is 0 Å². The van der Waals surface area contributed by atoms with Crippen LogP contribution >= 0.6 is 0 Å². The lowest BCUT2D eigenvalue weighted by atomic mass is 10.1. The molecule has 4 heteroatoms. The summed E-state index contributed by atoms with van der Waals surface area (Å²) in [7, 11) is 0. The third-order valence-electron chi connectivity index (χ3n) is 1.95. The van der Waals surface area contributed by atoms with Gasteiger partial charge in [0.15, 0.2) is 0 Å². The van der Waals surface area contributed by atoms with Gasteiger partial charge in [-0.05, 0) is 37.0 Å². The highest BCUT2D eigenvalue weighted by atomic mass is 16.4. The van der Waals surface area contributed by atoms with E-state index in [-0.39, 0.29) is 6.42 Å². The van der Waals surface area contributed by atoms with E-state index < -0.39 is 5.97 Å². The summed E-state index contributed by atoms with van der Waals surface area (Å²) in [6.07, 6.45) is 4.34. The van der Waals surface area contributed by atoms with E-state index >= 15 is 0 Å². The number of nitrogens with two attached hydrogens (primary N) is 1. The highest BCUT2D eigenvalue weighted by molar-refractivity contribution is 5.66. The molecule has 4 nitrogen and oxygen atoms in total. The second-order valence-electron chi connectivity index (χ2n) is 3.19. The maximum absolute atomic E-state index is 10.2. The Bertz CT molecular complexity index is 313. The fraction of sp³-hybridized carbons (Fsp3) is 0.400. The number of aryl methyl sites for hydroxylation is 1. The number of carboxylic acid groups (broad SMARTS) is 1. The molecule has 0 radical (unpaired) electrons. The van der Waals surface area contributed by atoms with Gasteiger partial charge in [0.2, 0.25) is 0 Å². The van der Waals surface area contributed by atoms with Gasteiger partial charge in [-0.15, -0.1) is 0 Å². The highest BCUT2D eigenvalue weighted by Crippen LogP contribution is 2.08. The van der Waals surface area contributed by atoms with Crippen LogP contribution in [0, 0.1) is 0 Å². The first kappa shape index (κ1) is 10.5. The van der Waals surface area contributed by atoms with Crippen LogP contribution in [0.2, 0.25) is 0 Å². The quantitative estimate of drug-likeness (QED) is 0.696. The smallest absolute Gasteiger partial charge is 0.303 e. The van der Waals surface area contributed by atoms with E-state index in [0.717, 1.165) is 18.4 Å². The largest absolute Gasteiger partial charge is 0.481 e. The Morgan fingerprint density at radius 2 is 2.29 bits per heavy atom. The Morgan fingerprint density at radius 1 is 1.50 bits per heavy atom. The molecule has 0 unspecified atom stereocenters. The minimum absolute atomic E-state index is 0.237. The van der Waals surface area contributed by atoms with Crippen molar-refractivity contribution in [2.75, 3.05) is 5.73 Å². The molecule has 76 valence electrons. The Labute approximate surface area is 82.8 Å². The number of anilines is 1. The molecule has 0 aliphatic heterocycles. The van der Waals surface area contributed by atoms with Crippen LogP contribution in [0.25, 0.3) is 0 Å². The van der Waals surface area contributed by atoms with Crippen molar-refractivity contribution in [1.29, 1.82) is 0 Å². The van der Waals surface area contributed by atoms with Crippen LogP contribution < -0.4 is 5.73 Å². The molecule has 1 aromatic rings. The van der Waals surface area contributed by atoms with Gasteiger partial charge in [-0.2, -0.15) is 0 Å². The summed E-state index contributed by atoms with van der Waals surface area (Å²) in [5.41, 5.74) is 6.62. The van der Waals surface area contributed by atoms with E-state index in [2.05, 4.69) is 4.98 Å². The van der Waals surface area contributed by atoms with Crippen molar-refractivity contribution in [2.45, 2.75) is 25.7 Å². The summed E-state index contributed by atoms with van der Waals surface area (Å²) < 4.78 is 0. The fourth-order valence-corrected chi connectivity index (χ4v) is 1.26. The predicted molar refractivity (Wildman–Crippen MR) is 53.8 cm³/mol. The maximum Gasteiger partial charge on any atom is 0.303 e. The summed E-state index contributed by atoms with van der Waals surface area (Å²) >= 11 is 0. The van der Waals surface area contributed by atoms with Crippen molar-refractivity contribution in [1.82, 2.24) is 4.98 Å². The Hall–Kier alpha value is -1.58. The summed E-state index contributed by atoms with van der Waals surface area (Å²) in [4.78, 5) is 14.1. The summed E-state index contributed by atoms with van der Waals surface area (Å²) in [6, 6.07) is 3.72. The van der Waals surface area contributed by atoms with Crippen molar-refractivity contribution in [3.63, 3.8) is 0 Å². The van der Waals surface area contributed by atoms with E-state index in [9.17, 15) is 4.79 Å². The minimum Gasteiger partial charge on any atom is -0.481 e. The lowest BCUT2D eigenvalue weighted by Gasteiger charge is -2.00. The number of carbonyl (C=O) groups is 1. The highest BCUT2D eigenvalue weighted by Gasteiger charge is 1.98. The first-order valence-corrected chi connectivity index (χ1v) is 4.60. The summed E-state index contributed by atoms with van der Waals surface area (Å²) in [5.74, 6) is -0.222. The first-order chi connectivity index (χ1) is 6.68. The molecule has 0 spiro atoms. The van der Waals surface area contributed by atoms with Crippen LogP contribution in [0.4, 0.5) is 5.82 Å². The number of pyridine rings is 1. The fourth-order valence-electron chi connectivity index (χ4n) is 1.26. The van der Waals surface area contributed by atoms with E-state index in [1.807, 2.05) is 12.1 Å². The van der Waals surface area contributed by atoms with Gasteiger partial charge < -0.3 is 10.8 Å². The van der Waals surface area contributed by atoms with Crippen molar-refractivity contribution in [3.05, 3.63) is 23.9 Å². The van der Waals surface area contributed by atoms with Crippen molar-refractivity contribution in [2.24, 2.45) is 0 Å². The van der Waals surface area contributed by atoms with Crippen LogP contribution in [0.1, 0.15) is 24.8 Å². The molecule has 3 N–H and O–H groups in total. The standard InChI is InChI=1S/C10H14N2O2/c11-9-7-8(5-6-12-9)3-1-2-4-10(13)14/h5-7H,1-4H2,(H2,11,12)(H,13,14). The van der Waals surface area contributed by atoms with Gasteiger partial charge in [0.05, 0.1) is 0 Å². The van der Waals surface area contributed by atoms with Crippen molar-refractivity contribution < 1.29 is 9.90 Å². The van der Waals surface area contributed by atoms with Crippen LogP contribution in [0.15, 0.2) is 18.3 Å². The maximum atomic E-state index is 10.2. The van der Waals surface area contributed by atoms with Gasteiger partial charge >= 0.3 is 5.97 Å². The van der Waals surface area contributed by atoms with Gasteiger partial charge in [0.1, 0.15) is 5.82 Å². The summed E-state index contributed by atoms with van der Waals surface area (Å²) in [6.45, 7) is 0. The topological polar surface area (TPSA) is 76.2 Å². The Kier molecular flexibility index (Phi) is 3.91. The first-order valence-electron chi connectivity index (χ1n) is 4.60.